The fourth-order valence-electron chi connectivity index (χ4n) is 1.79. The second-order valence-electron chi connectivity index (χ2n) is 5.92. The lowest BCUT2D eigenvalue weighted by molar-refractivity contribution is -0.141. The molecule has 0 bridgehead atoms. The van der Waals surface area contributed by atoms with Crippen molar-refractivity contribution in [1.29, 1.82) is 0 Å². The summed E-state index contributed by atoms with van der Waals surface area (Å²) in [5.41, 5.74) is 2.15. The Hall–Kier alpha value is -1.75. The van der Waals surface area contributed by atoms with Gasteiger partial charge in [0.25, 0.3) is 0 Å². The van der Waals surface area contributed by atoms with E-state index in [0.717, 1.165) is 11.1 Å². The van der Waals surface area contributed by atoms with E-state index in [0.29, 0.717) is 12.8 Å². The first kappa shape index (κ1) is 15.3. The molecule has 0 aliphatic rings. The normalized spacial score (nSPS) is 12.4. The Kier molecular flexibility index (Phi) is 5.18. The Morgan fingerprint density at radius 3 is 2.47 bits per heavy atom. The van der Waals surface area contributed by atoms with Gasteiger partial charge in [-0.25, -0.2) is 0 Å². The van der Waals surface area contributed by atoms with Gasteiger partial charge in [-0.2, -0.15) is 0 Å². The van der Waals surface area contributed by atoms with Crippen LogP contribution in [-0.4, -0.2) is 11.1 Å². The van der Waals surface area contributed by atoms with Crippen molar-refractivity contribution in [3.63, 3.8) is 0 Å². The number of rotatable bonds is 4. The van der Waals surface area contributed by atoms with Crippen LogP contribution in [-0.2, 0) is 11.2 Å². The number of carboxylic acid groups (broad SMARTS) is 1. The molecular formula is C17H22O2. The zero-order valence-corrected chi connectivity index (χ0v) is 12.2. The molecule has 0 radical (unpaired) electrons. The molecule has 1 N–H and O–H groups in total. The summed E-state index contributed by atoms with van der Waals surface area (Å²) in [5, 5.41) is 9.29. The van der Waals surface area contributed by atoms with Crippen molar-refractivity contribution in [2.45, 2.75) is 40.5 Å². The zero-order chi connectivity index (χ0) is 14.5. The van der Waals surface area contributed by atoms with E-state index < -0.39 is 11.9 Å². The van der Waals surface area contributed by atoms with Crippen molar-refractivity contribution >= 4 is 5.97 Å². The first-order valence-corrected chi connectivity index (χ1v) is 6.57. The van der Waals surface area contributed by atoms with Gasteiger partial charge in [-0.1, -0.05) is 30.2 Å². The minimum absolute atomic E-state index is 0.0777. The van der Waals surface area contributed by atoms with Crippen molar-refractivity contribution in [3.05, 3.63) is 35.4 Å². The highest BCUT2D eigenvalue weighted by Gasteiger charge is 2.17. The maximum absolute atomic E-state index is 11.3. The summed E-state index contributed by atoms with van der Waals surface area (Å²) in [6.45, 7) is 8.08. The highest BCUT2D eigenvalue weighted by atomic mass is 16.4. The van der Waals surface area contributed by atoms with Crippen LogP contribution in [0.3, 0.4) is 0 Å². The Morgan fingerprint density at radius 1 is 1.32 bits per heavy atom. The van der Waals surface area contributed by atoms with Gasteiger partial charge < -0.3 is 5.11 Å². The maximum atomic E-state index is 11.3. The molecule has 0 aliphatic carbocycles. The number of carboxylic acids is 1. The van der Waals surface area contributed by atoms with Crippen LogP contribution in [0.5, 0.6) is 0 Å². The average Bonchev–Trinajstić information content (AvgIpc) is 2.28. The second-order valence-corrected chi connectivity index (χ2v) is 5.92. The van der Waals surface area contributed by atoms with Crippen molar-refractivity contribution in [2.24, 2.45) is 11.3 Å². The minimum atomic E-state index is -0.772. The Bertz CT molecular complexity index is 498. The second kappa shape index (κ2) is 6.43. The van der Waals surface area contributed by atoms with Crippen molar-refractivity contribution in [1.82, 2.24) is 0 Å². The van der Waals surface area contributed by atoms with Crippen molar-refractivity contribution in [2.75, 3.05) is 0 Å². The van der Waals surface area contributed by atoms with Crippen LogP contribution in [0.4, 0.5) is 0 Å². The summed E-state index contributed by atoms with van der Waals surface area (Å²) in [6.07, 6.45) is 0.946. The van der Waals surface area contributed by atoms with E-state index in [4.69, 9.17) is 0 Å². The summed E-state index contributed by atoms with van der Waals surface area (Å²) in [5.74, 6) is 4.90. The Morgan fingerprint density at radius 2 is 1.95 bits per heavy atom. The molecule has 1 aromatic carbocycles. The third-order valence-electron chi connectivity index (χ3n) is 2.89. The fraction of sp³-hybridized carbons (Fsp3) is 0.471. The van der Waals surface area contributed by atoms with Crippen LogP contribution >= 0.6 is 0 Å². The van der Waals surface area contributed by atoms with Crippen LogP contribution in [0.25, 0.3) is 0 Å². The van der Waals surface area contributed by atoms with Gasteiger partial charge >= 0.3 is 5.97 Å². The molecule has 1 atom stereocenters. The molecular weight excluding hydrogens is 236 g/mol. The van der Waals surface area contributed by atoms with Gasteiger partial charge in [-0.3, -0.25) is 4.79 Å². The topological polar surface area (TPSA) is 37.3 Å². The molecule has 19 heavy (non-hydrogen) atoms. The predicted octanol–water partition coefficient (Wildman–Crippen LogP) is 3.68. The number of hydrogen-bond donors (Lipinski definition) is 1. The molecule has 2 nitrogen and oxygen atoms in total. The number of aryl methyl sites for hydroxylation is 1. The van der Waals surface area contributed by atoms with E-state index in [1.165, 1.54) is 0 Å². The maximum Gasteiger partial charge on any atom is 0.307 e. The molecule has 1 aromatic rings. The molecule has 0 saturated carbocycles. The summed E-state index contributed by atoms with van der Waals surface area (Å²) >= 11 is 0. The molecule has 0 fully saturated rings. The van der Waals surface area contributed by atoms with Gasteiger partial charge in [-0.05, 0) is 45.2 Å². The highest BCUT2D eigenvalue weighted by molar-refractivity contribution is 5.71. The van der Waals surface area contributed by atoms with Crippen molar-refractivity contribution in [3.8, 4) is 11.8 Å². The van der Waals surface area contributed by atoms with Gasteiger partial charge in [0.15, 0.2) is 0 Å². The van der Waals surface area contributed by atoms with Crippen LogP contribution < -0.4 is 0 Å². The van der Waals surface area contributed by atoms with E-state index in [-0.39, 0.29) is 5.41 Å². The first-order valence-electron chi connectivity index (χ1n) is 6.57. The third kappa shape index (κ3) is 5.61. The summed E-state index contributed by atoms with van der Waals surface area (Å²) in [7, 11) is 0. The highest BCUT2D eigenvalue weighted by Crippen LogP contribution is 2.17. The summed E-state index contributed by atoms with van der Waals surface area (Å²) in [6, 6.07) is 7.91. The van der Waals surface area contributed by atoms with Gasteiger partial charge in [0.1, 0.15) is 0 Å². The van der Waals surface area contributed by atoms with Crippen LogP contribution in [0.2, 0.25) is 0 Å². The van der Waals surface area contributed by atoms with E-state index in [2.05, 4.69) is 11.8 Å². The Balaban J connectivity index is 2.77. The molecule has 0 aliphatic heterocycles. The molecule has 102 valence electrons. The fourth-order valence-corrected chi connectivity index (χ4v) is 1.79. The largest absolute Gasteiger partial charge is 0.481 e. The summed E-state index contributed by atoms with van der Waals surface area (Å²) < 4.78 is 0. The lowest BCUT2D eigenvalue weighted by Crippen LogP contribution is -2.16. The van der Waals surface area contributed by atoms with Crippen molar-refractivity contribution < 1.29 is 9.90 Å². The lowest BCUT2D eigenvalue weighted by Gasteiger charge is -2.12. The predicted molar refractivity (Wildman–Crippen MR) is 77.9 cm³/mol. The van der Waals surface area contributed by atoms with E-state index in [1.54, 1.807) is 0 Å². The molecule has 0 amide bonds. The number of hydrogen-bond acceptors (Lipinski definition) is 1. The Labute approximate surface area is 115 Å². The third-order valence-corrected chi connectivity index (χ3v) is 2.89. The van der Waals surface area contributed by atoms with E-state index >= 15 is 0 Å². The van der Waals surface area contributed by atoms with Crippen LogP contribution in [0.15, 0.2) is 24.3 Å². The number of benzene rings is 1. The molecule has 2 heteroatoms. The van der Waals surface area contributed by atoms with Gasteiger partial charge in [-0.15, -0.1) is 5.92 Å². The molecule has 1 unspecified atom stereocenters. The molecule has 0 saturated heterocycles. The van der Waals surface area contributed by atoms with Crippen LogP contribution in [0, 0.1) is 30.1 Å². The number of aliphatic carboxylic acids is 1. The quantitative estimate of drug-likeness (QED) is 0.836. The first-order chi connectivity index (χ1) is 8.79. The molecule has 0 spiro atoms. The zero-order valence-electron chi connectivity index (χ0n) is 12.2. The van der Waals surface area contributed by atoms with Gasteiger partial charge in [0.2, 0.25) is 0 Å². The monoisotopic (exact) mass is 258 g/mol. The van der Waals surface area contributed by atoms with Gasteiger partial charge in [0.05, 0.1) is 5.92 Å². The van der Waals surface area contributed by atoms with Gasteiger partial charge in [0, 0.05) is 11.8 Å². The SMILES string of the molecule is Cc1ccccc1CC(CC#CC(C)(C)C)C(=O)O. The number of carbonyl (C=O) groups is 1. The molecule has 0 aromatic heterocycles. The van der Waals surface area contributed by atoms with Crippen LogP contribution in [0.1, 0.15) is 38.3 Å². The standard InChI is InChI=1S/C17H22O2/c1-13-8-5-6-9-14(13)12-15(16(18)19)10-7-11-17(2,3)4/h5-6,8-9,15H,10,12H2,1-4H3,(H,18,19). The molecule has 1 rings (SSSR count). The average molecular weight is 258 g/mol. The smallest absolute Gasteiger partial charge is 0.307 e. The molecule has 0 heterocycles. The summed E-state index contributed by atoms with van der Waals surface area (Å²) in [4.78, 5) is 11.3. The lowest BCUT2D eigenvalue weighted by atomic mass is 9.92. The minimum Gasteiger partial charge on any atom is -0.481 e. The van der Waals surface area contributed by atoms with E-state index in [1.807, 2.05) is 52.0 Å². The van der Waals surface area contributed by atoms with E-state index in [9.17, 15) is 9.90 Å².